The average Bonchev–Trinajstić information content (AvgIpc) is 2.55. The summed E-state index contributed by atoms with van der Waals surface area (Å²) in [5, 5.41) is 2.39. The van der Waals surface area contributed by atoms with Crippen molar-refractivity contribution in [3.05, 3.63) is 24.3 Å². The molecule has 2 aliphatic heterocycles. The molecule has 0 saturated carbocycles. The minimum Gasteiger partial charge on any atom is -0.371 e. The first-order chi connectivity index (χ1) is 11.5. The Morgan fingerprint density at radius 1 is 1.12 bits per heavy atom. The van der Waals surface area contributed by atoms with E-state index in [-0.39, 0.29) is 11.9 Å². The lowest BCUT2D eigenvalue weighted by atomic mass is 9.88. The van der Waals surface area contributed by atoms with E-state index in [1.165, 1.54) is 24.9 Å². The monoisotopic (exact) mass is 329 g/mol. The van der Waals surface area contributed by atoms with Crippen LogP contribution in [-0.2, 0) is 4.79 Å². The minimum absolute atomic E-state index is 0.195. The zero-order valence-corrected chi connectivity index (χ0v) is 14.6. The summed E-state index contributed by atoms with van der Waals surface area (Å²) in [5.41, 5.74) is 2.03. The summed E-state index contributed by atoms with van der Waals surface area (Å²) in [6.07, 6.45) is 4.15. The molecule has 0 bridgehead atoms. The maximum atomic E-state index is 12.0. The highest BCUT2D eigenvalue weighted by molar-refractivity contribution is 6.05. The highest BCUT2D eigenvalue weighted by atomic mass is 16.2. The molecule has 0 spiro atoms. The Morgan fingerprint density at radius 2 is 1.83 bits per heavy atom. The molecule has 0 aliphatic carbocycles. The summed E-state index contributed by atoms with van der Waals surface area (Å²) in [6, 6.07) is 7.79. The number of amides is 3. The van der Waals surface area contributed by atoms with E-state index in [2.05, 4.69) is 36.2 Å². The number of anilines is 2. The summed E-state index contributed by atoms with van der Waals surface area (Å²) in [6.45, 7) is 7.19. The van der Waals surface area contributed by atoms with Crippen molar-refractivity contribution >= 4 is 23.3 Å². The Hall–Kier alpha value is -2.04. The smallest absolute Gasteiger partial charge is 0.328 e. The van der Waals surface area contributed by atoms with Gasteiger partial charge in [0.15, 0.2) is 0 Å². The number of rotatable bonds is 4. The standard InChI is InChI=1S/C19H27N3O2/c1-14(2)12-15-6-9-21(10-7-15)16-4-3-5-17(13-16)22-11-8-18(23)20-19(22)24/h3-5,13-15H,6-12H2,1-2H3,(H,20,23,24). The number of hydrogen-bond donors (Lipinski definition) is 1. The highest BCUT2D eigenvalue weighted by Gasteiger charge is 2.25. The first kappa shape index (κ1) is 16.8. The van der Waals surface area contributed by atoms with Crippen molar-refractivity contribution in [3.8, 4) is 0 Å². The maximum absolute atomic E-state index is 12.0. The number of urea groups is 1. The first-order valence-electron chi connectivity index (χ1n) is 8.99. The normalized spacial score (nSPS) is 19.8. The van der Waals surface area contributed by atoms with Crippen LogP contribution in [0.2, 0.25) is 0 Å². The van der Waals surface area contributed by atoms with Crippen LogP contribution in [0.25, 0.3) is 0 Å². The summed E-state index contributed by atoms with van der Waals surface area (Å²) in [4.78, 5) is 27.4. The number of imide groups is 1. The number of carbonyl (C=O) groups excluding carboxylic acids is 2. The molecule has 1 aromatic rings. The van der Waals surface area contributed by atoms with Gasteiger partial charge in [-0.3, -0.25) is 15.0 Å². The molecule has 0 aromatic heterocycles. The van der Waals surface area contributed by atoms with Crippen molar-refractivity contribution in [2.45, 2.75) is 39.5 Å². The fraction of sp³-hybridized carbons (Fsp3) is 0.579. The molecular formula is C19H27N3O2. The Morgan fingerprint density at radius 3 is 2.50 bits per heavy atom. The van der Waals surface area contributed by atoms with Crippen LogP contribution in [0.3, 0.4) is 0 Å². The second-order valence-corrected chi connectivity index (χ2v) is 7.33. The van der Waals surface area contributed by atoms with Crippen molar-refractivity contribution in [2.24, 2.45) is 11.8 Å². The van der Waals surface area contributed by atoms with Gasteiger partial charge in [-0.1, -0.05) is 19.9 Å². The zero-order valence-electron chi connectivity index (χ0n) is 14.6. The fourth-order valence-corrected chi connectivity index (χ4v) is 3.76. The molecule has 2 aliphatic rings. The van der Waals surface area contributed by atoms with Gasteiger partial charge >= 0.3 is 6.03 Å². The predicted molar refractivity (Wildman–Crippen MR) is 96.3 cm³/mol. The average molecular weight is 329 g/mol. The Bertz CT molecular complexity index is 606. The molecule has 130 valence electrons. The van der Waals surface area contributed by atoms with Gasteiger partial charge in [-0.05, 0) is 49.3 Å². The van der Waals surface area contributed by atoms with Crippen molar-refractivity contribution < 1.29 is 9.59 Å². The van der Waals surface area contributed by atoms with Crippen LogP contribution in [0.1, 0.15) is 39.5 Å². The van der Waals surface area contributed by atoms with E-state index in [0.29, 0.717) is 13.0 Å². The number of benzene rings is 1. The second kappa shape index (κ2) is 7.24. The van der Waals surface area contributed by atoms with Crippen LogP contribution < -0.4 is 15.1 Å². The molecule has 3 amide bonds. The van der Waals surface area contributed by atoms with E-state index >= 15 is 0 Å². The number of nitrogens with zero attached hydrogens (tertiary/aromatic N) is 2. The molecule has 5 nitrogen and oxygen atoms in total. The number of carbonyl (C=O) groups is 2. The van der Waals surface area contributed by atoms with E-state index in [1.807, 2.05) is 12.1 Å². The van der Waals surface area contributed by atoms with Crippen LogP contribution in [0.4, 0.5) is 16.2 Å². The molecule has 0 radical (unpaired) electrons. The molecular weight excluding hydrogens is 302 g/mol. The van der Waals surface area contributed by atoms with Crippen LogP contribution in [-0.4, -0.2) is 31.6 Å². The maximum Gasteiger partial charge on any atom is 0.328 e. The van der Waals surface area contributed by atoms with Gasteiger partial charge in [0.2, 0.25) is 5.91 Å². The van der Waals surface area contributed by atoms with Gasteiger partial charge in [0.05, 0.1) is 0 Å². The lowest BCUT2D eigenvalue weighted by molar-refractivity contribution is -0.120. The number of piperidine rings is 1. The summed E-state index contributed by atoms with van der Waals surface area (Å²) < 4.78 is 0. The molecule has 2 saturated heterocycles. The molecule has 3 rings (SSSR count). The van der Waals surface area contributed by atoms with Gasteiger partial charge in [-0.2, -0.15) is 0 Å². The summed E-state index contributed by atoms with van der Waals surface area (Å²) in [5.74, 6) is 1.41. The predicted octanol–water partition coefficient (Wildman–Crippen LogP) is 3.40. The van der Waals surface area contributed by atoms with Gasteiger partial charge in [0.1, 0.15) is 0 Å². The zero-order chi connectivity index (χ0) is 17.1. The SMILES string of the molecule is CC(C)CC1CCN(c2cccc(N3CCC(=O)NC3=O)c2)CC1. The molecule has 24 heavy (non-hydrogen) atoms. The quantitative estimate of drug-likeness (QED) is 0.921. The minimum atomic E-state index is -0.320. The largest absolute Gasteiger partial charge is 0.371 e. The molecule has 2 heterocycles. The molecule has 0 unspecified atom stereocenters. The van der Waals surface area contributed by atoms with Crippen LogP contribution >= 0.6 is 0 Å². The Balaban J connectivity index is 1.66. The molecule has 0 atom stereocenters. The van der Waals surface area contributed by atoms with Gasteiger partial charge < -0.3 is 4.90 Å². The fourth-order valence-electron chi connectivity index (χ4n) is 3.76. The third-order valence-corrected chi connectivity index (χ3v) is 4.98. The van der Waals surface area contributed by atoms with E-state index in [9.17, 15) is 9.59 Å². The molecule has 5 heteroatoms. The van der Waals surface area contributed by atoms with E-state index < -0.39 is 0 Å². The lowest BCUT2D eigenvalue weighted by Gasteiger charge is -2.35. The third-order valence-electron chi connectivity index (χ3n) is 4.98. The van der Waals surface area contributed by atoms with E-state index in [4.69, 9.17) is 0 Å². The molecule has 1 aromatic carbocycles. The molecule has 2 fully saturated rings. The Kier molecular flexibility index (Phi) is 5.07. The van der Waals surface area contributed by atoms with Crippen LogP contribution in [0.15, 0.2) is 24.3 Å². The van der Waals surface area contributed by atoms with Gasteiger partial charge in [-0.25, -0.2) is 4.79 Å². The second-order valence-electron chi connectivity index (χ2n) is 7.33. The summed E-state index contributed by atoms with van der Waals surface area (Å²) >= 11 is 0. The van der Waals surface area contributed by atoms with Crippen LogP contribution in [0.5, 0.6) is 0 Å². The first-order valence-corrected chi connectivity index (χ1v) is 8.99. The van der Waals surface area contributed by atoms with Crippen LogP contribution in [0, 0.1) is 11.8 Å². The van der Waals surface area contributed by atoms with Crippen molar-refractivity contribution in [2.75, 3.05) is 29.4 Å². The van der Waals surface area contributed by atoms with Crippen molar-refractivity contribution in [3.63, 3.8) is 0 Å². The highest BCUT2D eigenvalue weighted by Crippen LogP contribution is 2.29. The van der Waals surface area contributed by atoms with Gasteiger partial charge in [0.25, 0.3) is 0 Å². The van der Waals surface area contributed by atoms with Gasteiger partial charge in [-0.15, -0.1) is 0 Å². The lowest BCUT2D eigenvalue weighted by Crippen LogP contribution is -2.49. The van der Waals surface area contributed by atoms with E-state index in [0.717, 1.165) is 30.6 Å². The number of hydrogen-bond acceptors (Lipinski definition) is 3. The van der Waals surface area contributed by atoms with Crippen molar-refractivity contribution in [1.82, 2.24) is 5.32 Å². The Labute approximate surface area is 144 Å². The van der Waals surface area contributed by atoms with E-state index in [1.54, 1.807) is 4.90 Å². The van der Waals surface area contributed by atoms with Crippen molar-refractivity contribution in [1.29, 1.82) is 0 Å². The van der Waals surface area contributed by atoms with Gasteiger partial charge in [0, 0.05) is 37.4 Å². The third kappa shape index (κ3) is 3.89. The molecule has 1 N–H and O–H groups in total. The topological polar surface area (TPSA) is 52.6 Å². The number of nitrogens with one attached hydrogen (secondary N) is 1. The summed E-state index contributed by atoms with van der Waals surface area (Å²) in [7, 11) is 0.